The van der Waals surface area contributed by atoms with Gasteiger partial charge in [0.25, 0.3) is 0 Å². The van der Waals surface area contributed by atoms with E-state index in [1.54, 1.807) is 24.3 Å². The van der Waals surface area contributed by atoms with Crippen LogP contribution in [0.2, 0.25) is 0 Å². The second-order valence-corrected chi connectivity index (χ2v) is 5.42. The maximum atomic E-state index is 10.7. The summed E-state index contributed by atoms with van der Waals surface area (Å²) in [6.45, 7) is 8.80. The minimum absolute atomic E-state index is 0.267. The van der Waals surface area contributed by atoms with Crippen LogP contribution in [0.25, 0.3) is 0 Å². The normalized spacial score (nSPS) is 11.3. The lowest BCUT2D eigenvalue weighted by molar-refractivity contribution is 0.0697. The van der Waals surface area contributed by atoms with Crippen LogP contribution in [0.3, 0.4) is 0 Å². The van der Waals surface area contributed by atoms with E-state index in [4.69, 9.17) is 9.84 Å². The van der Waals surface area contributed by atoms with E-state index in [1.807, 2.05) is 0 Å². The number of aromatic carboxylic acids is 1. The maximum absolute atomic E-state index is 10.7. The van der Waals surface area contributed by atoms with Crippen LogP contribution in [0.15, 0.2) is 24.3 Å². The predicted molar refractivity (Wildman–Crippen MR) is 71.2 cm³/mol. The number of ether oxygens (including phenoxy) is 1. The van der Waals surface area contributed by atoms with Gasteiger partial charge in [0.15, 0.2) is 0 Å². The Balaban J connectivity index is 2.25. The van der Waals surface area contributed by atoms with Crippen molar-refractivity contribution in [2.75, 3.05) is 19.7 Å². The molecule has 2 N–H and O–H groups in total. The fraction of sp³-hybridized carbons (Fsp3) is 0.500. The Kier molecular flexibility index (Phi) is 5.16. The SMILES string of the molecule is CC(C)(C)CNCCOc1ccc(C(=O)O)cc1. The third-order valence-corrected chi connectivity index (χ3v) is 2.30. The zero-order chi connectivity index (χ0) is 13.6. The van der Waals surface area contributed by atoms with E-state index in [1.165, 1.54) is 0 Å². The standard InChI is InChI=1S/C14H21NO3/c1-14(2,3)10-15-8-9-18-12-6-4-11(5-7-12)13(16)17/h4-7,15H,8-10H2,1-3H3,(H,16,17). The highest BCUT2D eigenvalue weighted by Gasteiger charge is 2.08. The summed E-state index contributed by atoms with van der Waals surface area (Å²) in [5.74, 6) is -0.231. The summed E-state index contributed by atoms with van der Waals surface area (Å²) < 4.78 is 5.50. The van der Waals surface area contributed by atoms with E-state index in [0.29, 0.717) is 12.4 Å². The van der Waals surface area contributed by atoms with E-state index < -0.39 is 5.97 Å². The van der Waals surface area contributed by atoms with Gasteiger partial charge in [0, 0.05) is 13.1 Å². The highest BCUT2D eigenvalue weighted by molar-refractivity contribution is 5.87. The molecule has 0 amide bonds. The van der Waals surface area contributed by atoms with E-state index in [0.717, 1.165) is 13.1 Å². The molecule has 4 nitrogen and oxygen atoms in total. The van der Waals surface area contributed by atoms with Crippen LogP contribution >= 0.6 is 0 Å². The summed E-state index contributed by atoms with van der Waals surface area (Å²) >= 11 is 0. The van der Waals surface area contributed by atoms with Gasteiger partial charge < -0.3 is 15.2 Å². The smallest absolute Gasteiger partial charge is 0.335 e. The first-order valence-corrected chi connectivity index (χ1v) is 6.05. The minimum atomic E-state index is -0.923. The number of carbonyl (C=O) groups is 1. The molecule has 0 fully saturated rings. The van der Waals surface area contributed by atoms with Gasteiger partial charge in [-0.3, -0.25) is 0 Å². The Labute approximate surface area is 108 Å². The molecule has 0 saturated heterocycles. The third kappa shape index (κ3) is 5.68. The third-order valence-electron chi connectivity index (χ3n) is 2.30. The molecule has 1 aromatic rings. The molecule has 4 heteroatoms. The van der Waals surface area contributed by atoms with E-state index in [9.17, 15) is 4.79 Å². The summed E-state index contributed by atoms with van der Waals surface area (Å²) in [4.78, 5) is 10.7. The molecule has 1 rings (SSSR count). The van der Waals surface area contributed by atoms with Crippen LogP contribution in [-0.2, 0) is 0 Å². The second-order valence-electron chi connectivity index (χ2n) is 5.42. The molecule has 0 atom stereocenters. The van der Waals surface area contributed by atoms with Gasteiger partial charge in [-0.25, -0.2) is 4.79 Å². The molecule has 0 aliphatic heterocycles. The maximum Gasteiger partial charge on any atom is 0.335 e. The predicted octanol–water partition coefficient (Wildman–Crippen LogP) is 2.40. The van der Waals surface area contributed by atoms with Crippen molar-refractivity contribution in [1.82, 2.24) is 5.32 Å². The lowest BCUT2D eigenvalue weighted by Crippen LogP contribution is -2.30. The largest absolute Gasteiger partial charge is 0.492 e. The molecular formula is C14H21NO3. The van der Waals surface area contributed by atoms with Gasteiger partial charge in [0.05, 0.1) is 5.56 Å². The lowest BCUT2D eigenvalue weighted by Gasteiger charge is -2.18. The summed E-state index contributed by atoms with van der Waals surface area (Å²) in [5.41, 5.74) is 0.538. The van der Waals surface area contributed by atoms with Crippen molar-refractivity contribution in [2.45, 2.75) is 20.8 Å². The number of nitrogens with one attached hydrogen (secondary N) is 1. The van der Waals surface area contributed by atoms with Gasteiger partial charge >= 0.3 is 5.97 Å². The molecule has 0 aliphatic carbocycles. The van der Waals surface area contributed by atoms with Gasteiger partial charge in [-0.15, -0.1) is 0 Å². The Hall–Kier alpha value is -1.55. The molecule has 0 saturated carbocycles. The van der Waals surface area contributed by atoms with E-state index in [-0.39, 0.29) is 11.0 Å². The molecule has 0 heterocycles. The van der Waals surface area contributed by atoms with Crippen LogP contribution in [-0.4, -0.2) is 30.8 Å². The highest BCUT2D eigenvalue weighted by Crippen LogP contribution is 2.12. The fourth-order valence-corrected chi connectivity index (χ4v) is 1.40. The Morgan fingerprint density at radius 2 is 1.89 bits per heavy atom. The summed E-state index contributed by atoms with van der Waals surface area (Å²) in [6.07, 6.45) is 0. The second kappa shape index (κ2) is 6.40. The molecule has 0 radical (unpaired) electrons. The zero-order valence-electron chi connectivity index (χ0n) is 11.2. The van der Waals surface area contributed by atoms with Crippen molar-refractivity contribution in [2.24, 2.45) is 5.41 Å². The lowest BCUT2D eigenvalue weighted by atomic mass is 9.97. The Morgan fingerprint density at radius 1 is 1.28 bits per heavy atom. The Bertz CT molecular complexity index is 379. The summed E-state index contributed by atoms with van der Waals surface area (Å²) in [5, 5.41) is 12.1. The molecule has 0 spiro atoms. The average Bonchev–Trinajstić information content (AvgIpc) is 2.27. The fourth-order valence-electron chi connectivity index (χ4n) is 1.40. The molecule has 1 aromatic carbocycles. The van der Waals surface area contributed by atoms with Crippen LogP contribution in [0, 0.1) is 5.41 Å². The van der Waals surface area contributed by atoms with Crippen molar-refractivity contribution >= 4 is 5.97 Å². The van der Waals surface area contributed by atoms with Crippen molar-refractivity contribution in [3.8, 4) is 5.75 Å². The quantitative estimate of drug-likeness (QED) is 0.762. The number of rotatable bonds is 6. The van der Waals surface area contributed by atoms with Gasteiger partial charge in [0.2, 0.25) is 0 Å². The first kappa shape index (κ1) is 14.5. The van der Waals surface area contributed by atoms with E-state index in [2.05, 4.69) is 26.1 Å². The van der Waals surface area contributed by atoms with E-state index >= 15 is 0 Å². The van der Waals surface area contributed by atoms with Crippen molar-refractivity contribution in [1.29, 1.82) is 0 Å². The van der Waals surface area contributed by atoms with Crippen LogP contribution in [0.1, 0.15) is 31.1 Å². The minimum Gasteiger partial charge on any atom is -0.492 e. The van der Waals surface area contributed by atoms with Gasteiger partial charge in [0.1, 0.15) is 12.4 Å². The number of carboxylic acids is 1. The molecule has 18 heavy (non-hydrogen) atoms. The molecular weight excluding hydrogens is 230 g/mol. The number of hydrogen-bond donors (Lipinski definition) is 2. The van der Waals surface area contributed by atoms with Crippen molar-refractivity contribution < 1.29 is 14.6 Å². The first-order chi connectivity index (χ1) is 8.38. The van der Waals surface area contributed by atoms with Crippen molar-refractivity contribution in [3.05, 3.63) is 29.8 Å². The molecule has 100 valence electrons. The van der Waals surface area contributed by atoms with Gasteiger partial charge in [-0.2, -0.15) is 0 Å². The number of hydrogen-bond acceptors (Lipinski definition) is 3. The zero-order valence-corrected chi connectivity index (χ0v) is 11.2. The highest BCUT2D eigenvalue weighted by atomic mass is 16.5. The number of carboxylic acid groups (broad SMARTS) is 1. The molecule has 0 unspecified atom stereocenters. The summed E-state index contributed by atoms with van der Waals surface area (Å²) in [6, 6.07) is 6.43. The van der Waals surface area contributed by atoms with Gasteiger partial charge in [-0.1, -0.05) is 20.8 Å². The summed E-state index contributed by atoms with van der Waals surface area (Å²) in [7, 11) is 0. The monoisotopic (exact) mass is 251 g/mol. The van der Waals surface area contributed by atoms with Crippen LogP contribution in [0.5, 0.6) is 5.75 Å². The first-order valence-electron chi connectivity index (χ1n) is 6.05. The number of benzene rings is 1. The van der Waals surface area contributed by atoms with Gasteiger partial charge in [-0.05, 0) is 29.7 Å². The van der Waals surface area contributed by atoms with Crippen molar-refractivity contribution in [3.63, 3.8) is 0 Å². The van der Waals surface area contributed by atoms with Crippen LogP contribution in [0.4, 0.5) is 0 Å². The topological polar surface area (TPSA) is 58.6 Å². The van der Waals surface area contributed by atoms with Crippen LogP contribution < -0.4 is 10.1 Å². The molecule has 0 aliphatic rings. The molecule has 0 aromatic heterocycles. The Morgan fingerprint density at radius 3 is 2.39 bits per heavy atom. The average molecular weight is 251 g/mol. The molecule has 0 bridgehead atoms.